The summed E-state index contributed by atoms with van der Waals surface area (Å²) in [6.07, 6.45) is 8.43. The Morgan fingerprint density at radius 1 is 1.19 bits per heavy atom. The van der Waals surface area contributed by atoms with Crippen LogP contribution in [0.15, 0.2) is 86.4 Å². The minimum atomic E-state index is 0.547. The number of hydrogen-bond acceptors (Lipinski definition) is 4. The molecule has 0 radical (unpaired) electrons. The molecule has 5 heteroatoms. The first-order valence-corrected chi connectivity index (χ1v) is 11.0. The monoisotopic (exact) mass is 425 g/mol. The van der Waals surface area contributed by atoms with Gasteiger partial charge in [0.2, 0.25) is 0 Å². The second kappa shape index (κ2) is 9.27. The van der Waals surface area contributed by atoms with Gasteiger partial charge in [-0.15, -0.1) is 0 Å². The first kappa shape index (κ1) is 21.6. The lowest BCUT2D eigenvalue weighted by molar-refractivity contribution is 0.557. The van der Waals surface area contributed by atoms with Crippen LogP contribution in [0.25, 0.3) is 16.7 Å². The summed E-state index contributed by atoms with van der Waals surface area (Å²) in [5.41, 5.74) is 8.79. The Labute approximate surface area is 190 Å². The Morgan fingerprint density at radius 3 is 2.66 bits per heavy atom. The topological polar surface area (TPSA) is 46.0 Å². The van der Waals surface area contributed by atoms with Crippen LogP contribution >= 0.6 is 0 Å². The molecule has 3 heterocycles. The van der Waals surface area contributed by atoms with Crippen LogP contribution < -0.4 is 10.2 Å². The maximum absolute atomic E-state index is 4.65. The number of allylic oxidation sites excluding steroid dienone is 3. The first-order valence-electron chi connectivity index (χ1n) is 11.0. The molecule has 1 fully saturated rings. The largest absolute Gasteiger partial charge is 0.389 e. The third kappa shape index (κ3) is 4.83. The van der Waals surface area contributed by atoms with Crippen LogP contribution in [-0.2, 0) is 6.54 Å². The zero-order valence-corrected chi connectivity index (χ0v) is 19.0. The van der Waals surface area contributed by atoms with Crippen LogP contribution in [-0.4, -0.2) is 27.6 Å². The number of aryl methyl sites for hydroxylation is 1. The molecule has 0 saturated carbocycles. The summed E-state index contributed by atoms with van der Waals surface area (Å²) in [6, 6.07) is 10.8. The van der Waals surface area contributed by atoms with Crippen molar-refractivity contribution in [1.29, 1.82) is 0 Å². The van der Waals surface area contributed by atoms with Crippen molar-refractivity contribution < 1.29 is 0 Å². The van der Waals surface area contributed by atoms with E-state index in [9.17, 15) is 0 Å². The second-order valence-electron chi connectivity index (χ2n) is 8.68. The molecule has 0 amide bonds. The molecule has 32 heavy (non-hydrogen) atoms. The fraction of sp³-hybridized carbons (Fsp3) is 0.259. The quantitative estimate of drug-likeness (QED) is 0.523. The van der Waals surface area contributed by atoms with Gasteiger partial charge in [-0.2, -0.15) is 0 Å². The maximum atomic E-state index is 4.65. The average molecular weight is 426 g/mol. The Kier molecular flexibility index (Phi) is 6.26. The van der Waals surface area contributed by atoms with Gasteiger partial charge in [0.1, 0.15) is 0 Å². The van der Waals surface area contributed by atoms with E-state index in [1.54, 1.807) is 12.5 Å². The third-order valence-electron chi connectivity index (χ3n) is 5.92. The van der Waals surface area contributed by atoms with E-state index in [1.165, 1.54) is 16.9 Å². The predicted octanol–water partition coefficient (Wildman–Crippen LogP) is 5.43. The van der Waals surface area contributed by atoms with Crippen LogP contribution in [0.4, 0.5) is 5.69 Å². The van der Waals surface area contributed by atoms with Crippen LogP contribution in [0, 0.1) is 12.8 Å². The molecule has 3 aromatic rings. The summed E-state index contributed by atoms with van der Waals surface area (Å²) in [4.78, 5) is 11.1. The van der Waals surface area contributed by atoms with Gasteiger partial charge in [-0.3, -0.25) is 4.98 Å². The molecule has 0 bridgehead atoms. The number of nitrogens with zero attached hydrogens (tertiary/aromatic N) is 4. The van der Waals surface area contributed by atoms with Crippen LogP contribution in [0.2, 0.25) is 0 Å². The van der Waals surface area contributed by atoms with E-state index in [0.717, 1.165) is 47.6 Å². The van der Waals surface area contributed by atoms with Crippen molar-refractivity contribution in [3.63, 3.8) is 0 Å². The number of pyridine rings is 1. The second-order valence-corrected chi connectivity index (χ2v) is 8.68. The highest BCUT2D eigenvalue weighted by molar-refractivity contribution is 5.71. The van der Waals surface area contributed by atoms with E-state index >= 15 is 0 Å². The summed E-state index contributed by atoms with van der Waals surface area (Å²) in [7, 11) is 0. The summed E-state index contributed by atoms with van der Waals surface area (Å²) >= 11 is 0. The van der Waals surface area contributed by atoms with Crippen molar-refractivity contribution in [3.05, 3.63) is 97.6 Å². The van der Waals surface area contributed by atoms with E-state index in [1.807, 2.05) is 30.0 Å². The highest BCUT2D eigenvalue weighted by Crippen LogP contribution is 2.35. The molecule has 2 aromatic heterocycles. The van der Waals surface area contributed by atoms with Gasteiger partial charge in [-0.05, 0) is 61.1 Å². The molecule has 5 nitrogen and oxygen atoms in total. The number of aromatic nitrogens is 3. The zero-order chi connectivity index (χ0) is 22.7. The Hall–Kier alpha value is -3.60. The van der Waals surface area contributed by atoms with E-state index in [2.05, 4.69) is 71.1 Å². The molecule has 4 rings (SSSR count). The lowest BCUT2D eigenvalue weighted by Crippen LogP contribution is -2.25. The van der Waals surface area contributed by atoms with Gasteiger partial charge in [-0.1, -0.05) is 31.9 Å². The predicted molar refractivity (Wildman–Crippen MR) is 133 cm³/mol. The molecule has 1 saturated heterocycles. The SMILES string of the molecule is C=C(C)NCC1CC(=C)N(c2ccc(-c3ccc(C(=C)Cn4ccnc4)nc3)cc2C)C1. The molecule has 1 N–H and O–H groups in total. The minimum Gasteiger partial charge on any atom is -0.389 e. The zero-order valence-electron chi connectivity index (χ0n) is 19.0. The summed E-state index contributed by atoms with van der Waals surface area (Å²) in [5.74, 6) is 0.547. The fourth-order valence-electron chi connectivity index (χ4n) is 4.21. The number of nitrogens with one attached hydrogen (secondary N) is 1. The normalized spacial score (nSPS) is 15.8. The molecule has 1 aliphatic heterocycles. The molecule has 0 aliphatic carbocycles. The highest BCUT2D eigenvalue weighted by Gasteiger charge is 2.27. The standard InChI is InChI=1S/C27H31N5/c1-19(2)29-14-23-13-22(5)32(17-23)27-9-7-24(12-20(27)3)25-6-8-26(30-15-25)21(4)16-31-11-10-28-18-31/h6-12,15,18,23,29H,1,4-5,13-14,16-17H2,2-3H3. The lowest BCUT2D eigenvalue weighted by atomic mass is 10.0. The van der Waals surface area contributed by atoms with Gasteiger partial charge >= 0.3 is 0 Å². The third-order valence-corrected chi connectivity index (χ3v) is 5.92. The first-order chi connectivity index (χ1) is 15.4. The van der Waals surface area contributed by atoms with Crippen molar-refractivity contribution in [2.24, 2.45) is 5.92 Å². The molecule has 1 aromatic carbocycles. The van der Waals surface area contributed by atoms with Gasteiger partial charge in [0.15, 0.2) is 0 Å². The number of rotatable bonds is 8. The summed E-state index contributed by atoms with van der Waals surface area (Å²) in [5, 5.41) is 3.37. The smallest absolute Gasteiger partial charge is 0.0949 e. The van der Waals surface area contributed by atoms with Crippen molar-refractivity contribution in [2.75, 3.05) is 18.0 Å². The van der Waals surface area contributed by atoms with Gasteiger partial charge in [0, 0.05) is 54.3 Å². The number of imidazole rings is 1. The number of anilines is 1. The van der Waals surface area contributed by atoms with Crippen LogP contribution in [0.3, 0.4) is 0 Å². The number of benzene rings is 1. The fourth-order valence-corrected chi connectivity index (χ4v) is 4.21. The Morgan fingerprint density at radius 2 is 2.00 bits per heavy atom. The average Bonchev–Trinajstić information content (AvgIpc) is 3.42. The minimum absolute atomic E-state index is 0.547. The molecule has 0 spiro atoms. The molecule has 1 unspecified atom stereocenters. The molecular weight excluding hydrogens is 394 g/mol. The maximum Gasteiger partial charge on any atom is 0.0949 e. The van der Waals surface area contributed by atoms with Gasteiger partial charge in [0.05, 0.1) is 18.6 Å². The van der Waals surface area contributed by atoms with E-state index in [-0.39, 0.29) is 0 Å². The van der Waals surface area contributed by atoms with E-state index in [4.69, 9.17) is 0 Å². The summed E-state index contributed by atoms with van der Waals surface area (Å²) < 4.78 is 1.99. The van der Waals surface area contributed by atoms with Gasteiger partial charge in [0.25, 0.3) is 0 Å². The van der Waals surface area contributed by atoms with Gasteiger partial charge < -0.3 is 14.8 Å². The van der Waals surface area contributed by atoms with Crippen LogP contribution in [0.1, 0.15) is 24.6 Å². The van der Waals surface area contributed by atoms with Crippen molar-refractivity contribution in [3.8, 4) is 11.1 Å². The van der Waals surface area contributed by atoms with Crippen LogP contribution in [0.5, 0.6) is 0 Å². The molecular formula is C27H31N5. The Bertz CT molecular complexity index is 1130. The van der Waals surface area contributed by atoms with E-state index in [0.29, 0.717) is 12.5 Å². The lowest BCUT2D eigenvalue weighted by Gasteiger charge is -2.23. The van der Waals surface area contributed by atoms with Crippen molar-refractivity contribution >= 4 is 11.3 Å². The molecule has 1 aliphatic rings. The Balaban J connectivity index is 1.45. The highest BCUT2D eigenvalue weighted by atomic mass is 15.2. The summed E-state index contributed by atoms with van der Waals surface area (Å²) in [6.45, 7) is 19.2. The van der Waals surface area contributed by atoms with E-state index < -0.39 is 0 Å². The van der Waals surface area contributed by atoms with Crippen molar-refractivity contribution in [1.82, 2.24) is 19.9 Å². The molecule has 1 atom stereocenters. The van der Waals surface area contributed by atoms with Crippen molar-refractivity contribution in [2.45, 2.75) is 26.8 Å². The number of hydrogen-bond donors (Lipinski definition) is 1. The molecule has 164 valence electrons. The van der Waals surface area contributed by atoms with Gasteiger partial charge in [-0.25, -0.2) is 4.98 Å².